The van der Waals surface area contributed by atoms with E-state index in [4.69, 9.17) is 5.73 Å². The highest BCUT2D eigenvalue weighted by Crippen LogP contribution is 2.50. The average Bonchev–Trinajstić information content (AvgIpc) is 2.90. The molecule has 4 heteroatoms. The second kappa shape index (κ2) is 5.51. The first-order chi connectivity index (χ1) is 8.89. The molecule has 1 heterocycles. The van der Waals surface area contributed by atoms with E-state index in [0.29, 0.717) is 12.0 Å². The van der Waals surface area contributed by atoms with Gasteiger partial charge in [-0.25, -0.2) is 0 Å². The Morgan fingerprint density at radius 2 is 2.11 bits per heavy atom. The van der Waals surface area contributed by atoms with Crippen LogP contribution in [0.25, 0.3) is 0 Å². The van der Waals surface area contributed by atoms with Gasteiger partial charge in [0.05, 0.1) is 16.5 Å². The van der Waals surface area contributed by atoms with Gasteiger partial charge in [0, 0.05) is 18.2 Å². The van der Waals surface area contributed by atoms with E-state index in [1.165, 1.54) is 11.3 Å². The molecular formula is C15H26N2OS. The summed E-state index contributed by atoms with van der Waals surface area (Å²) in [5, 5.41) is 10.7. The molecule has 3 N–H and O–H groups in total. The third kappa shape index (κ3) is 3.01. The number of aromatic nitrogens is 1. The average molecular weight is 282 g/mol. The SMILES string of the molecule is CC(C)(C)C1CCC(CN)(C(O)c2cncs2)CC1. The fourth-order valence-electron chi connectivity index (χ4n) is 3.31. The van der Waals surface area contributed by atoms with Crippen LogP contribution in [0, 0.1) is 16.7 Å². The van der Waals surface area contributed by atoms with Crippen LogP contribution < -0.4 is 5.73 Å². The summed E-state index contributed by atoms with van der Waals surface area (Å²) in [6.45, 7) is 7.50. The fraction of sp³-hybridized carbons (Fsp3) is 0.800. The van der Waals surface area contributed by atoms with Crippen LogP contribution >= 0.6 is 11.3 Å². The van der Waals surface area contributed by atoms with Crippen LogP contribution in [-0.4, -0.2) is 16.6 Å². The summed E-state index contributed by atoms with van der Waals surface area (Å²) in [5.74, 6) is 0.737. The number of nitrogens with two attached hydrogens (primary N) is 1. The standard InChI is InChI=1S/C15H26N2OS/c1-14(2,3)11-4-6-15(9-16,7-5-11)13(18)12-8-17-10-19-12/h8,10-11,13,18H,4-7,9,16H2,1-3H3. The van der Waals surface area contributed by atoms with E-state index >= 15 is 0 Å². The van der Waals surface area contributed by atoms with Crippen molar-refractivity contribution in [3.63, 3.8) is 0 Å². The van der Waals surface area contributed by atoms with E-state index in [1.807, 2.05) is 0 Å². The predicted octanol–water partition coefficient (Wildman–Crippen LogP) is 3.36. The molecule has 0 aliphatic heterocycles. The van der Waals surface area contributed by atoms with Gasteiger partial charge in [-0.15, -0.1) is 11.3 Å². The van der Waals surface area contributed by atoms with E-state index < -0.39 is 6.10 Å². The maximum Gasteiger partial charge on any atom is 0.0966 e. The Bertz CT molecular complexity index is 389. The largest absolute Gasteiger partial charge is 0.387 e. The molecular weight excluding hydrogens is 256 g/mol. The zero-order valence-electron chi connectivity index (χ0n) is 12.2. The van der Waals surface area contributed by atoms with Crippen molar-refractivity contribution in [2.75, 3.05) is 6.54 Å². The molecule has 0 radical (unpaired) electrons. The maximum atomic E-state index is 10.7. The Hall–Kier alpha value is -0.450. The van der Waals surface area contributed by atoms with Crippen LogP contribution in [0.15, 0.2) is 11.7 Å². The maximum absolute atomic E-state index is 10.7. The molecule has 19 heavy (non-hydrogen) atoms. The van der Waals surface area contributed by atoms with Crippen LogP contribution in [0.1, 0.15) is 57.4 Å². The molecule has 0 aromatic carbocycles. The second-order valence-corrected chi connectivity index (χ2v) is 7.93. The zero-order valence-corrected chi connectivity index (χ0v) is 13.0. The van der Waals surface area contributed by atoms with Crippen molar-refractivity contribution in [3.05, 3.63) is 16.6 Å². The first kappa shape index (κ1) is 14.9. The van der Waals surface area contributed by atoms with E-state index in [0.717, 1.165) is 36.5 Å². The Morgan fingerprint density at radius 1 is 1.47 bits per heavy atom. The lowest BCUT2D eigenvalue weighted by Crippen LogP contribution is -2.41. The number of thiazole rings is 1. The van der Waals surface area contributed by atoms with Gasteiger partial charge in [0.15, 0.2) is 0 Å². The summed E-state index contributed by atoms with van der Waals surface area (Å²) in [4.78, 5) is 5.03. The smallest absolute Gasteiger partial charge is 0.0966 e. The van der Waals surface area contributed by atoms with Crippen LogP contribution in [0.3, 0.4) is 0 Å². The number of hydrogen-bond donors (Lipinski definition) is 2. The quantitative estimate of drug-likeness (QED) is 0.893. The van der Waals surface area contributed by atoms with Gasteiger partial charge in [-0.3, -0.25) is 4.98 Å². The minimum atomic E-state index is -0.453. The van der Waals surface area contributed by atoms with Crippen molar-refractivity contribution in [2.45, 2.75) is 52.6 Å². The number of hydrogen-bond acceptors (Lipinski definition) is 4. The molecule has 1 atom stereocenters. The highest BCUT2D eigenvalue weighted by molar-refractivity contribution is 7.09. The first-order valence-corrected chi connectivity index (χ1v) is 8.03. The summed E-state index contributed by atoms with van der Waals surface area (Å²) in [6.07, 6.45) is 5.69. The second-order valence-electron chi connectivity index (χ2n) is 7.01. The Kier molecular flexibility index (Phi) is 4.33. The normalized spacial score (nSPS) is 30.3. The molecule has 1 aromatic heterocycles. The lowest BCUT2D eigenvalue weighted by molar-refractivity contribution is -0.0215. The van der Waals surface area contributed by atoms with Gasteiger partial charge >= 0.3 is 0 Å². The number of aliphatic hydroxyl groups excluding tert-OH is 1. The highest BCUT2D eigenvalue weighted by atomic mass is 32.1. The number of aliphatic hydroxyl groups is 1. The van der Waals surface area contributed by atoms with E-state index in [2.05, 4.69) is 25.8 Å². The van der Waals surface area contributed by atoms with Gasteiger partial charge in [0.1, 0.15) is 0 Å². The lowest BCUT2D eigenvalue weighted by atomic mass is 9.62. The predicted molar refractivity (Wildman–Crippen MR) is 80.0 cm³/mol. The molecule has 1 aliphatic carbocycles. The molecule has 2 rings (SSSR count). The molecule has 0 spiro atoms. The van der Waals surface area contributed by atoms with Gasteiger partial charge in [0.2, 0.25) is 0 Å². The number of rotatable bonds is 3. The summed E-state index contributed by atoms with van der Waals surface area (Å²) >= 11 is 1.53. The number of nitrogens with zero attached hydrogens (tertiary/aromatic N) is 1. The van der Waals surface area contributed by atoms with Crippen molar-refractivity contribution < 1.29 is 5.11 Å². The molecule has 3 nitrogen and oxygen atoms in total. The molecule has 1 saturated carbocycles. The van der Waals surface area contributed by atoms with E-state index in [-0.39, 0.29) is 5.41 Å². The minimum absolute atomic E-state index is 0.145. The van der Waals surface area contributed by atoms with Crippen molar-refractivity contribution in [1.82, 2.24) is 4.98 Å². The third-order valence-electron chi connectivity index (χ3n) is 4.91. The Balaban J connectivity index is 2.10. The molecule has 0 saturated heterocycles. The van der Waals surface area contributed by atoms with Crippen LogP contribution in [0.5, 0.6) is 0 Å². The molecule has 1 fully saturated rings. The summed E-state index contributed by atoms with van der Waals surface area (Å²) < 4.78 is 0. The highest BCUT2D eigenvalue weighted by Gasteiger charge is 2.43. The van der Waals surface area contributed by atoms with Crippen LogP contribution in [0.2, 0.25) is 0 Å². The molecule has 108 valence electrons. The van der Waals surface area contributed by atoms with Crippen molar-refractivity contribution in [3.8, 4) is 0 Å². The van der Waals surface area contributed by atoms with Crippen LogP contribution in [0.4, 0.5) is 0 Å². The van der Waals surface area contributed by atoms with Crippen molar-refractivity contribution in [2.24, 2.45) is 22.5 Å². The topological polar surface area (TPSA) is 59.1 Å². The summed E-state index contributed by atoms with van der Waals surface area (Å²) in [6, 6.07) is 0. The first-order valence-electron chi connectivity index (χ1n) is 7.15. The monoisotopic (exact) mass is 282 g/mol. The molecule has 0 bridgehead atoms. The van der Waals surface area contributed by atoms with Gasteiger partial charge in [-0.05, 0) is 37.0 Å². The van der Waals surface area contributed by atoms with Gasteiger partial charge in [0.25, 0.3) is 0 Å². The zero-order chi connectivity index (χ0) is 14.1. The molecule has 1 aliphatic rings. The lowest BCUT2D eigenvalue weighted by Gasteiger charge is -2.45. The third-order valence-corrected chi connectivity index (χ3v) is 5.74. The van der Waals surface area contributed by atoms with Gasteiger partial charge in [-0.2, -0.15) is 0 Å². The van der Waals surface area contributed by atoms with E-state index in [9.17, 15) is 5.11 Å². The Morgan fingerprint density at radius 3 is 2.53 bits per heavy atom. The summed E-state index contributed by atoms with van der Waals surface area (Å²) in [7, 11) is 0. The Labute approximate surface area is 120 Å². The fourth-order valence-corrected chi connectivity index (χ4v) is 4.05. The molecule has 1 aromatic rings. The van der Waals surface area contributed by atoms with E-state index in [1.54, 1.807) is 11.7 Å². The molecule has 1 unspecified atom stereocenters. The van der Waals surface area contributed by atoms with Gasteiger partial charge in [-0.1, -0.05) is 20.8 Å². The van der Waals surface area contributed by atoms with Crippen molar-refractivity contribution in [1.29, 1.82) is 0 Å². The minimum Gasteiger partial charge on any atom is -0.387 e. The van der Waals surface area contributed by atoms with Crippen LogP contribution in [-0.2, 0) is 0 Å². The van der Waals surface area contributed by atoms with Gasteiger partial charge < -0.3 is 10.8 Å². The molecule has 0 amide bonds. The van der Waals surface area contributed by atoms with Crippen molar-refractivity contribution >= 4 is 11.3 Å². The summed E-state index contributed by atoms with van der Waals surface area (Å²) in [5.41, 5.74) is 8.02.